The Morgan fingerprint density at radius 1 is 0.973 bits per heavy atom. The minimum atomic E-state index is -0.414. The maximum Gasteiger partial charge on any atom is 0.262 e. The third-order valence-electron chi connectivity index (χ3n) is 6.12. The van der Waals surface area contributed by atoms with Crippen molar-refractivity contribution in [3.63, 3.8) is 0 Å². The first-order valence-electron chi connectivity index (χ1n) is 12.0. The number of benzene rings is 3. The van der Waals surface area contributed by atoms with Crippen molar-refractivity contribution in [1.29, 1.82) is 0 Å². The third-order valence-corrected chi connectivity index (χ3v) is 6.85. The lowest BCUT2D eigenvalue weighted by atomic mass is 10.1. The number of hydrogen-bond donors (Lipinski definition) is 2. The van der Waals surface area contributed by atoms with Crippen molar-refractivity contribution in [3.8, 4) is 5.75 Å². The van der Waals surface area contributed by atoms with E-state index >= 15 is 0 Å². The van der Waals surface area contributed by atoms with Gasteiger partial charge in [0.05, 0.1) is 16.0 Å². The molecule has 2 N–H and O–H groups in total. The molecule has 1 saturated heterocycles. The van der Waals surface area contributed by atoms with Crippen molar-refractivity contribution in [2.24, 2.45) is 5.92 Å². The molecule has 3 aromatic carbocycles. The number of nitrogens with one attached hydrogen (secondary N) is 2. The summed E-state index contributed by atoms with van der Waals surface area (Å²) in [5.74, 6) is -0.538. The summed E-state index contributed by atoms with van der Waals surface area (Å²) in [6.07, 6.45) is 1.13. The highest BCUT2D eigenvalue weighted by Crippen LogP contribution is 2.28. The Hall–Kier alpha value is -3.55. The van der Waals surface area contributed by atoms with Gasteiger partial charge in [-0.1, -0.05) is 54.4 Å². The zero-order chi connectivity index (χ0) is 26.4. The summed E-state index contributed by atoms with van der Waals surface area (Å²) < 4.78 is 5.55. The van der Waals surface area contributed by atoms with Crippen LogP contribution in [-0.4, -0.2) is 30.9 Å². The van der Waals surface area contributed by atoms with Gasteiger partial charge in [0.25, 0.3) is 5.91 Å². The Bertz CT molecular complexity index is 1280. The second kappa shape index (κ2) is 12.1. The van der Waals surface area contributed by atoms with Crippen LogP contribution in [0.4, 0.5) is 11.4 Å². The lowest BCUT2D eigenvalue weighted by molar-refractivity contribution is -0.126. The number of anilines is 2. The van der Waals surface area contributed by atoms with Gasteiger partial charge in [-0.25, -0.2) is 0 Å². The number of nitrogens with zero attached hydrogens (tertiary/aromatic N) is 1. The number of rotatable bonds is 9. The molecular formula is C28H27Cl2N3O4. The van der Waals surface area contributed by atoms with Gasteiger partial charge in [-0.3, -0.25) is 14.4 Å². The molecule has 1 aliphatic rings. The fourth-order valence-electron chi connectivity index (χ4n) is 4.00. The van der Waals surface area contributed by atoms with Gasteiger partial charge < -0.3 is 20.3 Å². The summed E-state index contributed by atoms with van der Waals surface area (Å²) >= 11 is 11.8. The largest absolute Gasteiger partial charge is 0.484 e. The number of amides is 3. The molecule has 1 aliphatic heterocycles. The number of halogens is 2. The highest BCUT2D eigenvalue weighted by atomic mass is 35.5. The van der Waals surface area contributed by atoms with E-state index in [-0.39, 0.29) is 30.7 Å². The second-order valence-corrected chi connectivity index (χ2v) is 9.57. The van der Waals surface area contributed by atoms with Crippen molar-refractivity contribution in [3.05, 3.63) is 87.9 Å². The van der Waals surface area contributed by atoms with Crippen molar-refractivity contribution in [2.45, 2.75) is 26.3 Å². The highest BCUT2D eigenvalue weighted by Gasteiger charge is 2.35. The van der Waals surface area contributed by atoms with E-state index in [1.54, 1.807) is 47.4 Å². The molecule has 3 amide bonds. The SMILES string of the molecule is CCc1ccc(CNC(=O)[C@H]2CC(=O)N(c3ccc(OCC(=O)Nc4ccc(Cl)c(Cl)c4)cc3)C2)cc1. The van der Waals surface area contributed by atoms with E-state index in [1.807, 2.05) is 12.1 Å². The molecule has 0 aliphatic carbocycles. The third kappa shape index (κ3) is 7.02. The van der Waals surface area contributed by atoms with Crippen LogP contribution in [0.2, 0.25) is 10.0 Å². The quantitative estimate of drug-likeness (QED) is 0.389. The summed E-state index contributed by atoms with van der Waals surface area (Å²) in [6, 6.07) is 19.8. The summed E-state index contributed by atoms with van der Waals surface area (Å²) in [6.45, 7) is 2.63. The zero-order valence-corrected chi connectivity index (χ0v) is 21.8. The predicted molar refractivity (Wildman–Crippen MR) is 145 cm³/mol. The molecule has 4 rings (SSSR count). The Balaban J connectivity index is 1.26. The number of ether oxygens (including phenoxy) is 1. The second-order valence-electron chi connectivity index (χ2n) is 8.75. The zero-order valence-electron chi connectivity index (χ0n) is 20.3. The fraction of sp³-hybridized carbons (Fsp3) is 0.250. The van der Waals surface area contributed by atoms with Gasteiger partial charge in [0.1, 0.15) is 5.75 Å². The molecule has 192 valence electrons. The first-order valence-corrected chi connectivity index (χ1v) is 12.7. The molecule has 9 heteroatoms. The molecule has 7 nitrogen and oxygen atoms in total. The van der Waals surface area contributed by atoms with Crippen LogP contribution < -0.4 is 20.3 Å². The van der Waals surface area contributed by atoms with Crippen molar-refractivity contribution < 1.29 is 19.1 Å². The van der Waals surface area contributed by atoms with Gasteiger partial charge >= 0.3 is 0 Å². The Kier molecular flexibility index (Phi) is 8.69. The van der Waals surface area contributed by atoms with Gasteiger partial charge in [-0.15, -0.1) is 0 Å². The molecule has 0 saturated carbocycles. The molecule has 0 radical (unpaired) electrons. The number of carbonyl (C=O) groups is 3. The van der Waals surface area contributed by atoms with E-state index in [2.05, 4.69) is 29.7 Å². The van der Waals surface area contributed by atoms with E-state index in [1.165, 1.54) is 5.56 Å². The molecule has 1 heterocycles. The Labute approximate surface area is 225 Å². The smallest absolute Gasteiger partial charge is 0.262 e. The molecule has 0 aromatic heterocycles. The first kappa shape index (κ1) is 26.5. The monoisotopic (exact) mass is 539 g/mol. The first-order chi connectivity index (χ1) is 17.8. The predicted octanol–water partition coefficient (Wildman–Crippen LogP) is 5.24. The molecular weight excluding hydrogens is 513 g/mol. The van der Waals surface area contributed by atoms with Gasteiger partial charge in [-0.05, 0) is 60.0 Å². The van der Waals surface area contributed by atoms with Crippen LogP contribution >= 0.6 is 23.2 Å². The van der Waals surface area contributed by atoms with Crippen LogP contribution in [0.3, 0.4) is 0 Å². The molecule has 1 fully saturated rings. The lowest BCUT2D eigenvalue weighted by Gasteiger charge is -2.17. The summed E-state index contributed by atoms with van der Waals surface area (Å²) in [7, 11) is 0. The van der Waals surface area contributed by atoms with E-state index in [0.717, 1.165) is 12.0 Å². The molecule has 37 heavy (non-hydrogen) atoms. The average Bonchev–Trinajstić information content (AvgIpc) is 3.30. The Morgan fingerprint density at radius 2 is 1.68 bits per heavy atom. The average molecular weight is 540 g/mol. The van der Waals surface area contributed by atoms with Gasteiger partial charge in [0.2, 0.25) is 11.8 Å². The summed E-state index contributed by atoms with van der Waals surface area (Å²) in [5.41, 5.74) is 3.45. The van der Waals surface area contributed by atoms with Gasteiger partial charge in [0.15, 0.2) is 6.61 Å². The normalized spacial score (nSPS) is 14.9. The van der Waals surface area contributed by atoms with Crippen LogP contribution in [-0.2, 0) is 27.3 Å². The van der Waals surface area contributed by atoms with E-state index in [0.29, 0.717) is 40.3 Å². The number of hydrogen-bond acceptors (Lipinski definition) is 4. The van der Waals surface area contributed by atoms with Crippen molar-refractivity contribution >= 4 is 52.3 Å². The highest BCUT2D eigenvalue weighted by molar-refractivity contribution is 6.42. The maximum absolute atomic E-state index is 12.7. The topological polar surface area (TPSA) is 87.7 Å². The van der Waals surface area contributed by atoms with Crippen molar-refractivity contribution in [2.75, 3.05) is 23.4 Å². The maximum atomic E-state index is 12.7. The van der Waals surface area contributed by atoms with Crippen molar-refractivity contribution in [1.82, 2.24) is 5.32 Å². The number of aryl methyl sites for hydroxylation is 1. The molecule has 0 spiro atoms. The molecule has 0 bridgehead atoms. The summed E-state index contributed by atoms with van der Waals surface area (Å²) in [4.78, 5) is 39.0. The van der Waals surface area contributed by atoms with E-state index in [9.17, 15) is 14.4 Å². The van der Waals surface area contributed by atoms with Crippen LogP contribution in [0.5, 0.6) is 5.75 Å². The van der Waals surface area contributed by atoms with Crippen LogP contribution in [0.15, 0.2) is 66.7 Å². The van der Waals surface area contributed by atoms with Crippen LogP contribution in [0.25, 0.3) is 0 Å². The van der Waals surface area contributed by atoms with Crippen LogP contribution in [0, 0.1) is 5.92 Å². The fourth-order valence-corrected chi connectivity index (χ4v) is 4.30. The van der Waals surface area contributed by atoms with Gasteiger partial charge in [0, 0.05) is 30.9 Å². The minimum absolute atomic E-state index is 0.109. The Morgan fingerprint density at radius 3 is 2.35 bits per heavy atom. The van der Waals surface area contributed by atoms with E-state index in [4.69, 9.17) is 27.9 Å². The standard InChI is InChI=1S/C28H27Cl2N3O4/c1-2-18-3-5-19(6-4-18)15-31-28(36)20-13-27(35)33(16-20)22-8-10-23(11-9-22)37-17-26(34)32-21-7-12-24(29)25(30)14-21/h3-12,14,20H,2,13,15-17H2,1H3,(H,31,36)(H,32,34)/t20-/m0/s1. The van der Waals surface area contributed by atoms with Gasteiger partial charge in [-0.2, -0.15) is 0 Å². The lowest BCUT2D eigenvalue weighted by Crippen LogP contribution is -2.32. The molecule has 1 atom stereocenters. The molecule has 0 unspecified atom stereocenters. The molecule has 3 aromatic rings. The minimum Gasteiger partial charge on any atom is -0.484 e. The van der Waals surface area contributed by atoms with E-state index < -0.39 is 5.92 Å². The number of carbonyl (C=O) groups excluding carboxylic acids is 3. The summed E-state index contributed by atoms with van der Waals surface area (Å²) in [5, 5.41) is 6.37. The van der Waals surface area contributed by atoms with Crippen LogP contribution in [0.1, 0.15) is 24.5 Å².